The van der Waals surface area contributed by atoms with Crippen LogP contribution in [0.4, 0.5) is 0 Å². The summed E-state index contributed by atoms with van der Waals surface area (Å²) in [6, 6.07) is 76.2. The van der Waals surface area contributed by atoms with E-state index in [0.717, 1.165) is 27.5 Å². The lowest BCUT2D eigenvalue weighted by atomic mass is 9.92. The molecule has 0 radical (unpaired) electrons. The molecule has 0 bridgehead atoms. The maximum atomic E-state index is 5.40. The van der Waals surface area contributed by atoms with Crippen molar-refractivity contribution in [1.82, 2.24) is 15.0 Å². The van der Waals surface area contributed by atoms with Crippen molar-refractivity contribution < 1.29 is 0 Å². The van der Waals surface area contributed by atoms with Crippen LogP contribution in [0.3, 0.4) is 0 Å². The molecule has 0 spiro atoms. The summed E-state index contributed by atoms with van der Waals surface area (Å²) in [6.45, 7) is 0. The summed E-state index contributed by atoms with van der Waals surface area (Å²) in [6.07, 6.45) is 0. The largest absolute Gasteiger partial charge is 0.208 e. The second-order valence-corrected chi connectivity index (χ2v) is 17.8. The molecule has 10 rings (SSSR count). The Labute approximate surface area is 321 Å². The zero-order valence-corrected chi connectivity index (χ0v) is 31.0. The Kier molecular flexibility index (Phi) is 8.16. The molecule has 0 aliphatic carbocycles. The van der Waals surface area contributed by atoms with E-state index >= 15 is 0 Å². The second-order valence-electron chi connectivity index (χ2n) is 14.0. The lowest BCUT2D eigenvalue weighted by Gasteiger charge is -2.34. The van der Waals surface area contributed by atoms with E-state index in [9.17, 15) is 0 Å². The zero-order valence-electron chi connectivity index (χ0n) is 30.0. The Morgan fingerprint density at radius 1 is 0.291 bits per heavy atom. The first-order chi connectivity index (χ1) is 27.3. The zero-order chi connectivity index (χ0) is 36.6. The van der Waals surface area contributed by atoms with Gasteiger partial charge in [0.2, 0.25) is 0 Å². The van der Waals surface area contributed by atoms with Crippen molar-refractivity contribution in [1.29, 1.82) is 0 Å². The molecule has 0 atom stereocenters. The summed E-state index contributed by atoms with van der Waals surface area (Å²) in [5.74, 6) is 1.94. The number of fused-ring (bicyclic) bond motifs is 5. The molecule has 0 fully saturated rings. The summed E-state index contributed by atoms with van der Waals surface area (Å²) in [4.78, 5) is 15.9. The third kappa shape index (κ3) is 5.63. The quantitative estimate of drug-likeness (QED) is 0.0937. The monoisotopic (exact) mass is 717 g/mol. The Bertz CT molecular complexity index is 2870. The van der Waals surface area contributed by atoms with Crippen molar-refractivity contribution in [2.75, 3.05) is 0 Å². The van der Waals surface area contributed by atoms with Gasteiger partial charge in [-0.05, 0) is 53.7 Å². The first-order valence-corrected chi connectivity index (χ1v) is 20.7. The van der Waals surface area contributed by atoms with Crippen LogP contribution in [0.5, 0.6) is 0 Å². The number of hydrogen-bond donors (Lipinski definition) is 0. The summed E-state index contributed by atoms with van der Waals surface area (Å²) >= 11 is 0. The fourth-order valence-electron chi connectivity index (χ4n) is 8.36. The van der Waals surface area contributed by atoms with E-state index in [1.54, 1.807) is 0 Å². The third-order valence-corrected chi connectivity index (χ3v) is 15.6. The molecule has 1 aromatic heterocycles. The SMILES string of the molecule is c1ccc(-c2nc(-c3cccc([Si](c4ccccc4)(c4ccccc4)c4ccccc4)c3)nc(-c3cc4ccccc4c4ccc5ccccc5c34)n2)cc1. The number of rotatable bonds is 7. The van der Waals surface area contributed by atoms with Gasteiger partial charge in [0.1, 0.15) is 0 Å². The van der Waals surface area contributed by atoms with E-state index < -0.39 is 8.07 Å². The molecule has 4 heteroatoms. The summed E-state index contributed by atoms with van der Waals surface area (Å²) in [7, 11) is -2.79. The van der Waals surface area contributed by atoms with Gasteiger partial charge in [-0.2, -0.15) is 0 Å². The second kappa shape index (κ2) is 13.8. The maximum absolute atomic E-state index is 5.40. The molecule has 0 unspecified atom stereocenters. The molecule has 0 aliphatic rings. The van der Waals surface area contributed by atoms with Gasteiger partial charge in [-0.1, -0.05) is 206 Å². The fraction of sp³-hybridized carbons (Fsp3) is 0. The van der Waals surface area contributed by atoms with Crippen molar-refractivity contribution in [3.05, 3.63) is 212 Å². The molecule has 10 aromatic rings. The molecular weight excluding hydrogens is 683 g/mol. The van der Waals surface area contributed by atoms with E-state index in [1.165, 1.54) is 42.3 Å². The highest BCUT2D eigenvalue weighted by molar-refractivity contribution is 7.19. The van der Waals surface area contributed by atoms with Crippen molar-refractivity contribution in [3.63, 3.8) is 0 Å². The molecule has 0 amide bonds. The average molecular weight is 718 g/mol. The van der Waals surface area contributed by atoms with Crippen LogP contribution >= 0.6 is 0 Å². The van der Waals surface area contributed by atoms with Gasteiger partial charge in [0.25, 0.3) is 0 Å². The van der Waals surface area contributed by atoms with Crippen LogP contribution in [-0.2, 0) is 0 Å². The Morgan fingerprint density at radius 2 is 0.764 bits per heavy atom. The molecule has 0 N–H and O–H groups in total. The average Bonchev–Trinajstić information content (AvgIpc) is 3.27. The minimum absolute atomic E-state index is 0.643. The van der Waals surface area contributed by atoms with Gasteiger partial charge in [0.05, 0.1) is 0 Å². The molecule has 0 saturated heterocycles. The normalized spacial score (nSPS) is 11.6. The topological polar surface area (TPSA) is 38.7 Å². The standard InChI is InChI=1S/C51H35N3Si/c1-5-19-37(20-6-1)49-52-50(54-51(53-49)47-35-38-21-14-15-30-44(38)46-33-32-36-18-13-16-31-45(36)48(46)47)39-22-17-29-43(34-39)55(40-23-7-2-8-24-40,41-25-9-3-10-26-41)42-27-11-4-12-28-42/h1-35H. The summed E-state index contributed by atoms with van der Waals surface area (Å²) in [5, 5.41) is 12.3. The maximum Gasteiger partial charge on any atom is 0.179 e. The van der Waals surface area contributed by atoms with E-state index in [0.29, 0.717) is 17.5 Å². The summed E-state index contributed by atoms with van der Waals surface area (Å²) in [5.41, 5.74) is 2.89. The van der Waals surface area contributed by atoms with Gasteiger partial charge >= 0.3 is 0 Å². The molecule has 9 aromatic carbocycles. The van der Waals surface area contributed by atoms with Gasteiger partial charge in [-0.3, -0.25) is 0 Å². The van der Waals surface area contributed by atoms with Crippen LogP contribution in [0.1, 0.15) is 0 Å². The van der Waals surface area contributed by atoms with Crippen molar-refractivity contribution in [3.8, 4) is 34.2 Å². The van der Waals surface area contributed by atoms with E-state index in [4.69, 9.17) is 15.0 Å². The van der Waals surface area contributed by atoms with E-state index in [2.05, 4.69) is 194 Å². The lowest BCUT2D eigenvalue weighted by Crippen LogP contribution is -2.74. The van der Waals surface area contributed by atoms with Crippen molar-refractivity contribution >= 4 is 61.1 Å². The Hall–Kier alpha value is -7.01. The molecule has 0 saturated carbocycles. The first kappa shape index (κ1) is 32.6. The van der Waals surface area contributed by atoms with Crippen LogP contribution in [0.25, 0.3) is 66.5 Å². The first-order valence-electron chi connectivity index (χ1n) is 18.7. The number of benzene rings is 9. The minimum Gasteiger partial charge on any atom is -0.208 e. The van der Waals surface area contributed by atoms with Crippen LogP contribution in [0, 0.1) is 0 Å². The highest BCUT2D eigenvalue weighted by Crippen LogP contribution is 2.39. The van der Waals surface area contributed by atoms with Gasteiger partial charge in [-0.15, -0.1) is 0 Å². The van der Waals surface area contributed by atoms with Crippen molar-refractivity contribution in [2.24, 2.45) is 0 Å². The van der Waals surface area contributed by atoms with Crippen molar-refractivity contribution in [2.45, 2.75) is 0 Å². The van der Waals surface area contributed by atoms with Crippen LogP contribution < -0.4 is 20.7 Å². The number of nitrogens with zero attached hydrogens (tertiary/aromatic N) is 3. The predicted molar refractivity (Wildman–Crippen MR) is 232 cm³/mol. The molecule has 258 valence electrons. The molecular formula is C51H35N3Si. The fourth-order valence-corrected chi connectivity index (χ4v) is 13.2. The molecule has 3 nitrogen and oxygen atoms in total. The van der Waals surface area contributed by atoms with Gasteiger partial charge in [0, 0.05) is 22.1 Å². The van der Waals surface area contributed by atoms with Gasteiger partial charge < -0.3 is 0 Å². The van der Waals surface area contributed by atoms with Gasteiger partial charge in [-0.25, -0.2) is 15.0 Å². The molecule has 55 heavy (non-hydrogen) atoms. The van der Waals surface area contributed by atoms with Crippen LogP contribution in [0.15, 0.2) is 212 Å². The van der Waals surface area contributed by atoms with E-state index in [1.807, 2.05) is 18.2 Å². The Morgan fingerprint density at radius 3 is 1.40 bits per heavy atom. The van der Waals surface area contributed by atoms with Gasteiger partial charge in [0.15, 0.2) is 25.5 Å². The highest BCUT2D eigenvalue weighted by atomic mass is 28.3. The van der Waals surface area contributed by atoms with Crippen LogP contribution in [-0.4, -0.2) is 23.0 Å². The number of hydrogen-bond acceptors (Lipinski definition) is 3. The lowest BCUT2D eigenvalue weighted by molar-refractivity contribution is 1.08. The smallest absolute Gasteiger partial charge is 0.179 e. The Balaban J connectivity index is 1.26. The molecule has 1 heterocycles. The number of aromatic nitrogens is 3. The van der Waals surface area contributed by atoms with E-state index in [-0.39, 0.29) is 0 Å². The predicted octanol–water partition coefficient (Wildman–Crippen LogP) is 9.71. The highest BCUT2D eigenvalue weighted by Gasteiger charge is 2.41. The van der Waals surface area contributed by atoms with Crippen LogP contribution in [0.2, 0.25) is 0 Å². The summed E-state index contributed by atoms with van der Waals surface area (Å²) < 4.78 is 0. The molecule has 0 aliphatic heterocycles. The third-order valence-electron chi connectivity index (χ3n) is 10.8. The minimum atomic E-state index is -2.79.